The normalized spacial score (nSPS) is 11.2. The average molecular weight is 459 g/mol. The summed E-state index contributed by atoms with van der Waals surface area (Å²) in [7, 11) is 0. The van der Waals surface area contributed by atoms with E-state index in [1.165, 1.54) is 11.3 Å². The molecule has 0 bridgehead atoms. The molecular weight excluding hydrogens is 439 g/mol. The summed E-state index contributed by atoms with van der Waals surface area (Å²) in [6.07, 6.45) is 6.53. The zero-order valence-corrected chi connectivity index (χ0v) is 18.7. The number of carbonyl (C=O) groups is 1. The molecule has 154 valence electrons. The largest absolute Gasteiger partial charge is 0.337 e. The summed E-state index contributed by atoms with van der Waals surface area (Å²) in [4.78, 5) is 23.9. The lowest BCUT2D eigenvalue weighted by molar-refractivity contribution is -0.118. The highest BCUT2D eigenvalue weighted by atomic mass is 35.5. The Labute approximate surface area is 188 Å². The van der Waals surface area contributed by atoms with Crippen molar-refractivity contribution < 1.29 is 4.79 Å². The molecule has 0 aliphatic rings. The number of rotatable bonds is 7. The van der Waals surface area contributed by atoms with Crippen molar-refractivity contribution in [2.75, 3.05) is 11.4 Å². The third-order valence-electron chi connectivity index (χ3n) is 4.80. The quantitative estimate of drug-likeness (QED) is 0.352. The predicted octanol–water partition coefficient (Wildman–Crippen LogP) is 5.77. The molecule has 0 radical (unpaired) electrons. The summed E-state index contributed by atoms with van der Waals surface area (Å²) < 4.78 is 2.98. The summed E-state index contributed by atoms with van der Waals surface area (Å²) in [6, 6.07) is 11.2. The van der Waals surface area contributed by atoms with E-state index in [0.29, 0.717) is 21.7 Å². The zero-order valence-electron chi connectivity index (χ0n) is 16.4. The molecule has 30 heavy (non-hydrogen) atoms. The van der Waals surface area contributed by atoms with Gasteiger partial charge in [-0.15, -0.1) is 0 Å². The average Bonchev–Trinajstić information content (AvgIpc) is 3.36. The van der Waals surface area contributed by atoms with E-state index in [-0.39, 0.29) is 12.3 Å². The van der Waals surface area contributed by atoms with Crippen LogP contribution < -0.4 is 4.90 Å². The summed E-state index contributed by atoms with van der Waals surface area (Å²) >= 11 is 13.7. The summed E-state index contributed by atoms with van der Waals surface area (Å²) in [5.74, 6) is 0.00533. The number of nitrogens with zero attached hydrogens (tertiary/aromatic N) is 4. The maximum atomic E-state index is 13.2. The molecule has 0 N–H and O–H groups in total. The van der Waals surface area contributed by atoms with Crippen LogP contribution in [0.25, 0.3) is 10.2 Å². The molecule has 4 aromatic rings. The maximum Gasteiger partial charge on any atom is 0.233 e. The number of benzene rings is 2. The van der Waals surface area contributed by atoms with Crippen molar-refractivity contribution >= 4 is 55.8 Å². The fourth-order valence-corrected chi connectivity index (χ4v) is 4.88. The molecule has 8 heteroatoms. The Balaban J connectivity index is 1.59. The van der Waals surface area contributed by atoms with E-state index < -0.39 is 0 Å². The number of imidazole rings is 1. The standard InChI is InChI=1S/C22H20Cl2N4OS/c1-15-11-18(24)13-19-21(15)26-22(30-19)28(9-2-8-27-10-7-25-14-27)20(29)12-16-3-5-17(23)6-4-16/h3-7,10-11,13-14H,2,8-9,12H2,1H3. The van der Waals surface area contributed by atoms with E-state index in [0.717, 1.165) is 34.3 Å². The molecule has 0 saturated heterocycles. The summed E-state index contributed by atoms with van der Waals surface area (Å²) in [5.41, 5.74) is 2.81. The number of hydrogen-bond acceptors (Lipinski definition) is 4. The Morgan fingerprint density at radius 1 is 1.17 bits per heavy atom. The number of fused-ring (bicyclic) bond motifs is 1. The third-order valence-corrected chi connectivity index (χ3v) is 6.29. The molecule has 2 heterocycles. The van der Waals surface area contributed by atoms with Gasteiger partial charge in [-0.25, -0.2) is 9.97 Å². The molecule has 0 unspecified atom stereocenters. The van der Waals surface area contributed by atoms with Crippen LogP contribution in [0.15, 0.2) is 55.1 Å². The van der Waals surface area contributed by atoms with Gasteiger partial charge in [0.1, 0.15) is 0 Å². The van der Waals surface area contributed by atoms with Crippen LogP contribution in [0.5, 0.6) is 0 Å². The number of thiazole rings is 1. The van der Waals surface area contributed by atoms with Gasteiger partial charge in [0.05, 0.1) is 23.0 Å². The van der Waals surface area contributed by atoms with E-state index in [2.05, 4.69) is 4.98 Å². The van der Waals surface area contributed by atoms with Crippen molar-refractivity contribution in [1.82, 2.24) is 14.5 Å². The maximum absolute atomic E-state index is 13.2. The minimum atomic E-state index is 0.00533. The Hall–Kier alpha value is -2.41. The Morgan fingerprint density at radius 3 is 2.70 bits per heavy atom. The van der Waals surface area contributed by atoms with Gasteiger partial charge in [-0.2, -0.15) is 0 Å². The van der Waals surface area contributed by atoms with Crippen LogP contribution in [0.2, 0.25) is 10.0 Å². The Bertz CT molecular complexity index is 1160. The molecular formula is C22H20Cl2N4OS. The predicted molar refractivity (Wildman–Crippen MR) is 124 cm³/mol. The molecule has 0 aliphatic carbocycles. The SMILES string of the molecule is Cc1cc(Cl)cc2sc(N(CCCn3ccnc3)C(=O)Cc3ccc(Cl)cc3)nc12. The number of aryl methyl sites for hydroxylation is 2. The van der Waals surface area contributed by atoms with Crippen LogP contribution in [0.4, 0.5) is 5.13 Å². The first-order valence-electron chi connectivity index (χ1n) is 9.57. The van der Waals surface area contributed by atoms with Crippen molar-refractivity contribution in [3.05, 3.63) is 76.3 Å². The Morgan fingerprint density at radius 2 is 1.97 bits per heavy atom. The second-order valence-corrected chi connectivity index (χ2v) is 8.95. The number of aromatic nitrogens is 3. The van der Waals surface area contributed by atoms with Gasteiger partial charge in [0.15, 0.2) is 5.13 Å². The van der Waals surface area contributed by atoms with Gasteiger partial charge >= 0.3 is 0 Å². The molecule has 5 nitrogen and oxygen atoms in total. The van der Waals surface area contributed by atoms with Gasteiger partial charge in [0.2, 0.25) is 5.91 Å². The highest BCUT2D eigenvalue weighted by Crippen LogP contribution is 2.33. The van der Waals surface area contributed by atoms with Crippen molar-refractivity contribution in [2.24, 2.45) is 0 Å². The first-order chi connectivity index (χ1) is 14.5. The first kappa shape index (κ1) is 20.8. The fraction of sp³-hybridized carbons (Fsp3) is 0.227. The number of halogens is 2. The van der Waals surface area contributed by atoms with E-state index >= 15 is 0 Å². The molecule has 0 fully saturated rings. The van der Waals surface area contributed by atoms with Gasteiger partial charge < -0.3 is 4.57 Å². The van der Waals surface area contributed by atoms with Crippen LogP contribution in [-0.2, 0) is 17.8 Å². The van der Waals surface area contributed by atoms with E-state index in [4.69, 9.17) is 28.2 Å². The minimum absolute atomic E-state index is 0.00533. The van der Waals surface area contributed by atoms with Gasteiger partial charge in [-0.05, 0) is 48.7 Å². The van der Waals surface area contributed by atoms with Gasteiger partial charge in [0.25, 0.3) is 0 Å². The van der Waals surface area contributed by atoms with Gasteiger partial charge in [-0.1, -0.05) is 46.7 Å². The first-order valence-corrected chi connectivity index (χ1v) is 11.1. The smallest absolute Gasteiger partial charge is 0.233 e. The van der Waals surface area contributed by atoms with Crippen LogP contribution in [0, 0.1) is 6.92 Å². The minimum Gasteiger partial charge on any atom is -0.337 e. The highest BCUT2D eigenvalue weighted by molar-refractivity contribution is 7.22. The third kappa shape index (κ3) is 4.83. The van der Waals surface area contributed by atoms with Crippen LogP contribution >= 0.6 is 34.5 Å². The molecule has 4 rings (SSSR count). The van der Waals surface area contributed by atoms with Gasteiger partial charge in [0, 0.05) is 35.5 Å². The number of hydrogen-bond donors (Lipinski definition) is 0. The molecule has 1 amide bonds. The van der Waals surface area contributed by atoms with E-state index in [9.17, 15) is 4.79 Å². The molecule has 0 spiro atoms. The van der Waals surface area contributed by atoms with Crippen LogP contribution in [0.1, 0.15) is 17.5 Å². The molecule has 2 aromatic carbocycles. The molecule has 0 atom stereocenters. The van der Waals surface area contributed by atoms with Crippen molar-refractivity contribution in [2.45, 2.75) is 26.3 Å². The zero-order chi connectivity index (χ0) is 21.1. The monoisotopic (exact) mass is 458 g/mol. The molecule has 0 aliphatic heterocycles. The lowest BCUT2D eigenvalue weighted by Gasteiger charge is -2.20. The van der Waals surface area contributed by atoms with Gasteiger partial charge in [-0.3, -0.25) is 9.69 Å². The van der Waals surface area contributed by atoms with Crippen molar-refractivity contribution in [3.63, 3.8) is 0 Å². The lowest BCUT2D eigenvalue weighted by atomic mass is 10.1. The number of amides is 1. The summed E-state index contributed by atoms with van der Waals surface area (Å²) in [5, 5.41) is 2.02. The number of carbonyl (C=O) groups excluding carboxylic acids is 1. The summed E-state index contributed by atoms with van der Waals surface area (Å²) in [6.45, 7) is 3.33. The van der Waals surface area contributed by atoms with Crippen molar-refractivity contribution in [3.8, 4) is 0 Å². The Kier molecular flexibility index (Phi) is 6.37. The molecule has 0 saturated carbocycles. The molecule has 2 aromatic heterocycles. The number of anilines is 1. The van der Waals surface area contributed by atoms with Crippen molar-refractivity contribution in [1.29, 1.82) is 0 Å². The second-order valence-electron chi connectivity index (χ2n) is 7.07. The fourth-order valence-electron chi connectivity index (χ4n) is 3.29. The van der Waals surface area contributed by atoms with E-state index in [1.807, 2.05) is 42.0 Å². The van der Waals surface area contributed by atoms with Crippen LogP contribution in [-0.4, -0.2) is 27.0 Å². The van der Waals surface area contributed by atoms with Crippen LogP contribution in [0.3, 0.4) is 0 Å². The highest BCUT2D eigenvalue weighted by Gasteiger charge is 2.20. The second kappa shape index (κ2) is 9.16. The van der Waals surface area contributed by atoms with E-state index in [1.54, 1.807) is 29.6 Å². The topological polar surface area (TPSA) is 51.0 Å². The lowest BCUT2D eigenvalue weighted by Crippen LogP contribution is -2.33.